The molecule has 1 heterocycles. The van der Waals surface area contributed by atoms with Crippen LogP contribution in [0.4, 0.5) is 5.82 Å². The van der Waals surface area contributed by atoms with Crippen molar-refractivity contribution in [2.75, 3.05) is 5.73 Å². The largest absolute Gasteiger partial charge is 0.384 e. The van der Waals surface area contributed by atoms with Crippen molar-refractivity contribution in [1.29, 1.82) is 0 Å². The first kappa shape index (κ1) is 10.8. The Morgan fingerprint density at radius 2 is 1.88 bits per heavy atom. The van der Waals surface area contributed by atoms with Gasteiger partial charge in [0.15, 0.2) is 0 Å². The molecule has 0 saturated carbocycles. The molecule has 0 radical (unpaired) electrons. The van der Waals surface area contributed by atoms with E-state index < -0.39 is 11.0 Å². The summed E-state index contributed by atoms with van der Waals surface area (Å²) in [4.78, 5) is 4.75. The molecule has 2 aromatic rings. The zero-order valence-electron chi connectivity index (χ0n) is 8.46. The molecule has 0 amide bonds. The van der Waals surface area contributed by atoms with Gasteiger partial charge in [0, 0.05) is 5.56 Å². The minimum Gasteiger partial charge on any atom is -0.384 e. The molecule has 4 nitrogen and oxygen atoms in total. The van der Waals surface area contributed by atoms with Gasteiger partial charge in [0.2, 0.25) is 0 Å². The lowest BCUT2D eigenvalue weighted by Gasteiger charge is -2.03. The van der Waals surface area contributed by atoms with Gasteiger partial charge in [0.1, 0.15) is 16.8 Å². The van der Waals surface area contributed by atoms with E-state index in [0.717, 1.165) is 11.3 Å². The second kappa shape index (κ2) is 4.42. The average molecular weight is 233 g/mol. The number of nitrogen functional groups attached to an aromatic ring is 1. The van der Waals surface area contributed by atoms with Crippen molar-refractivity contribution in [1.82, 2.24) is 4.98 Å². The van der Waals surface area contributed by atoms with Crippen LogP contribution in [0.25, 0.3) is 11.3 Å². The van der Waals surface area contributed by atoms with Gasteiger partial charge in [-0.2, -0.15) is 0 Å². The maximum atomic E-state index is 11.1. The minimum absolute atomic E-state index is 0.455. The molecule has 0 saturated heterocycles. The quantitative estimate of drug-likeness (QED) is 0.820. The van der Waals surface area contributed by atoms with E-state index in [0.29, 0.717) is 10.7 Å². The summed E-state index contributed by atoms with van der Waals surface area (Å²) < 4.78 is 11.1. The Kier molecular flexibility index (Phi) is 2.98. The molecule has 1 unspecified atom stereocenters. The molecule has 0 fully saturated rings. The van der Waals surface area contributed by atoms with Crippen molar-refractivity contribution in [3.8, 4) is 11.3 Å². The molecule has 4 N–H and O–H groups in total. The maximum absolute atomic E-state index is 11.1. The van der Waals surface area contributed by atoms with Crippen LogP contribution in [0.5, 0.6) is 0 Å². The third kappa shape index (κ3) is 2.26. The third-order valence-corrected chi connectivity index (χ3v) is 2.85. The van der Waals surface area contributed by atoms with Gasteiger partial charge in [0.05, 0.1) is 10.6 Å². The van der Waals surface area contributed by atoms with Gasteiger partial charge < -0.3 is 5.73 Å². The van der Waals surface area contributed by atoms with Crippen molar-refractivity contribution in [2.24, 2.45) is 5.14 Å². The van der Waals surface area contributed by atoms with Gasteiger partial charge in [0.25, 0.3) is 0 Å². The van der Waals surface area contributed by atoms with Crippen LogP contribution in [0.2, 0.25) is 0 Å². The SMILES string of the molecule is Nc1cccc(-c2cccc(S(N)=O)c2)n1. The summed E-state index contributed by atoms with van der Waals surface area (Å²) in [6.07, 6.45) is 0. The van der Waals surface area contributed by atoms with Gasteiger partial charge in [-0.3, -0.25) is 0 Å². The zero-order valence-corrected chi connectivity index (χ0v) is 9.28. The van der Waals surface area contributed by atoms with Crippen LogP contribution in [0, 0.1) is 0 Å². The highest BCUT2D eigenvalue weighted by atomic mass is 32.2. The molecule has 0 bridgehead atoms. The summed E-state index contributed by atoms with van der Waals surface area (Å²) in [5.41, 5.74) is 7.19. The number of hydrogen-bond acceptors (Lipinski definition) is 3. The second-order valence-electron chi connectivity index (χ2n) is 3.27. The van der Waals surface area contributed by atoms with E-state index in [1.165, 1.54) is 0 Å². The average Bonchev–Trinajstić information content (AvgIpc) is 2.29. The van der Waals surface area contributed by atoms with Crippen LogP contribution in [0.1, 0.15) is 0 Å². The fourth-order valence-corrected chi connectivity index (χ4v) is 1.85. The highest BCUT2D eigenvalue weighted by Gasteiger charge is 2.03. The maximum Gasteiger partial charge on any atom is 0.124 e. The monoisotopic (exact) mass is 233 g/mol. The van der Waals surface area contributed by atoms with E-state index in [4.69, 9.17) is 10.9 Å². The molecule has 1 atom stereocenters. The lowest BCUT2D eigenvalue weighted by molar-refractivity contribution is 0.684. The van der Waals surface area contributed by atoms with Crippen molar-refractivity contribution in [3.63, 3.8) is 0 Å². The number of aromatic nitrogens is 1. The summed E-state index contributed by atoms with van der Waals surface area (Å²) >= 11 is 0. The number of nitrogens with two attached hydrogens (primary N) is 2. The summed E-state index contributed by atoms with van der Waals surface area (Å²) in [7, 11) is -1.48. The number of anilines is 1. The van der Waals surface area contributed by atoms with Crippen molar-refractivity contribution < 1.29 is 4.21 Å². The van der Waals surface area contributed by atoms with E-state index in [-0.39, 0.29) is 0 Å². The molecule has 0 aliphatic rings. The van der Waals surface area contributed by atoms with Crippen LogP contribution in [0.15, 0.2) is 47.4 Å². The number of nitrogens with zero attached hydrogens (tertiary/aromatic N) is 1. The summed E-state index contributed by atoms with van der Waals surface area (Å²) in [6, 6.07) is 12.5. The first-order chi connectivity index (χ1) is 7.66. The summed E-state index contributed by atoms with van der Waals surface area (Å²) in [5, 5.41) is 5.32. The van der Waals surface area contributed by atoms with Gasteiger partial charge in [-0.25, -0.2) is 14.3 Å². The highest BCUT2D eigenvalue weighted by molar-refractivity contribution is 7.82. The fraction of sp³-hybridized carbons (Fsp3) is 0. The van der Waals surface area contributed by atoms with Crippen molar-refractivity contribution >= 4 is 16.8 Å². The number of benzene rings is 1. The van der Waals surface area contributed by atoms with Crippen LogP contribution in [-0.4, -0.2) is 9.19 Å². The first-order valence-electron chi connectivity index (χ1n) is 4.66. The van der Waals surface area contributed by atoms with Gasteiger partial charge in [-0.15, -0.1) is 0 Å². The number of pyridine rings is 1. The number of rotatable bonds is 2. The van der Waals surface area contributed by atoms with Crippen LogP contribution in [0.3, 0.4) is 0 Å². The van der Waals surface area contributed by atoms with Crippen LogP contribution >= 0.6 is 0 Å². The first-order valence-corrected chi connectivity index (χ1v) is 5.87. The minimum atomic E-state index is -1.48. The van der Waals surface area contributed by atoms with E-state index in [9.17, 15) is 4.21 Å². The predicted octanol–water partition coefficient (Wildman–Crippen LogP) is 1.31. The molecule has 2 rings (SSSR count). The Hall–Kier alpha value is -1.72. The van der Waals surface area contributed by atoms with Crippen molar-refractivity contribution in [3.05, 3.63) is 42.5 Å². The third-order valence-electron chi connectivity index (χ3n) is 2.13. The van der Waals surface area contributed by atoms with Gasteiger partial charge >= 0.3 is 0 Å². The van der Waals surface area contributed by atoms with E-state index in [1.807, 2.05) is 18.2 Å². The van der Waals surface area contributed by atoms with Crippen molar-refractivity contribution in [2.45, 2.75) is 4.90 Å². The molecular formula is C11H11N3OS. The molecule has 5 heteroatoms. The van der Waals surface area contributed by atoms with Crippen LogP contribution < -0.4 is 10.9 Å². The predicted molar refractivity (Wildman–Crippen MR) is 64.7 cm³/mol. The fourth-order valence-electron chi connectivity index (χ4n) is 1.39. The Labute approximate surface area is 95.9 Å². The molecule has 1 aromatic carbocycles. The Morgan fingerprint density at radius 3 is 2.56 bits per heavy atom. The molecule has 0 spiro atoms. The Balaban J connectivity index is 2.48. The smallest absolute Gasteiger partial charge is 0.124 e. The van der Waals surface area contributed by atoms with Crippen LogP contribution in [-0.2, 0) is 11.0 Å². The summed E-state index contributed by atoms with van der Waals surface area (Å²) in [5.74, 6) is 0.455. The molecular weight excluding hydrogens is 222 g/mol. The van der Waals surface area contributed by atoms with E-state index in [2.05, 4.69) is 4.98 Å². The second-order valence-corrected chi connectivity index (χ2v) is 4.34. The summed E-state index contributed by atoms with van der Waals surface area (Å²) in [6.45, 7) is 0. The number of hydrogen-bond donors (Lipinski definition) is 2. The topological polar surface area (TPSA) is 82.0 Å². The Bertz CT molecular complexity index is 542. The molecule has 0 aliphatic heterocycles. The highest BCUT2D eigenvalue weighted by Crippen LogP contribution is 2.19. The van der Waals surface area contributed by atoms with E-state index in [1.54, 1.807) is 24.3 Å². The standard InChI is InChI=1S/C11H11N3OS/c12-11-6-2-5-10(14-11)8-3-1-4-9(7-8)16(13)15/h1-7H,13H2,(H2,12,14). The Morgan fingerprint density at radius 1 is 1.12 bits per heavy atom. The van der Waals surface area contributed by atoms with Gasteiger partial charge in [-0.1, -0.05) is 18.2 Å². The molecule has 82 valence electrons. The van der Waals surface area contributed by atoms with E-state index >= 15 is 0 Å². The molecule has 16 heavy (non-hydrogen) atoms. The van der Waals surface area contributed by atoms with Gasteiger partial charge in [-0.05, 0) is 24.3 Å². The lowest BCUT2D eigenvalue weighted by Crippen LogP contribution is -2.02. The zero-order chi connectivity index (χ0) is 11.5. The lowest BCUT2D eigenvalue weighted by atomic mass is 10.1. The molecule has 1 aromatic heterocycles. The normalized spacial score (nSPS) is 12.3. The molecule has 0 aliphatic carbocycles.